The summed E-state index contributed by atoms with van der Waals surface area (Å²) < 4.78 is 26.8. The van der Waals surface area contributed by atoms with Crippen molar-refractivity contribution in [1.82, 2.24) is 9.29 Å². The molecule has 1 aliphatic heterocycles. The van der Waals surface area contributed by atoms with E-state index in [0.29, 0.717) is 13.0 Å². The third-order valence-corrected chi connectivity index (χ3v) is 5.61. The summed E-state index contributed by atoms with van der Waals surface area (Å²) in [4.78, 5) is 14.5. The molecule has 1 fully saturated rings. The lowest BCUT2D eigenvalue weighted by Gasteiger charge is -2.16. The quantitative estimate of drug-likeness (QED) is 0.652. The number of aromatic nitrogens is 1. The van der Waals surface area contributed by atoms with Crippen LogP contribution in [0.1, 0.15) is 6.42 Å². The van der Waals surface area contributed by atoms with Crippen molar-refractivity contribution in [3.63, 3.8) is 0 Å². The lowest BCUT2D eigenvalue weighted by atomic mass is 10.2. The maximum Gasteiger partial charge on any atom is 0.278 e. The Morgan fingerprint density at radius 3 is 2.70 bits per heavy atom. The van der Waals surface area contributed by atoms with Crippen LogP contribution in [-0.4, -0.2) is 41.8 Å². The third-order valence-electron chi connectivity index (χ3n) is 3.71. The number of nitrogens with zero attached hydrogens (tertiary/aromatic N) is 3. The number of rotatable bonds is 3. The minimum absolute atomic E-state index is 0. The number of hydrogen-bond acceptors (Lipinski definition) is 6. The van der Waals surface area contributed by atoms with Crippen LogP contribution in [0.2, 0.25) is 0 Å². The van der Waals surface area contributed by atoms with Gasteiger partial charge in [0.25, 0.3) is 5.69 Å². The smallest absolute Gasteiger partial charge is 0.278 e. The molecule has 124 valence electrons. The van der Waals surface area contributed by atoms with Crippen molar-refractivity contribution in [2.24, 2.45) is 5.73 Å². The van der Waals surface area contributed by atoms with E-state index in [0.717, 1.165) is 0 Å². The van der Waals surface area contributed by atoms with E-state index in [1.54, 1.807) is 0 Å². The van der Waals surface area contributed by atoms with Crippen molar-refractivity contribution < 1.29 is 13.3 Å². The Morgan fingerprint density at radius 1 is 1.35 bits per heavy atom. The van der Waals surface area contributed by atoms with Gasteiger partial charge in [0.2, 0.25) is 10.0 Å². The van der Waals surface area contributed by atoms with E-state index in [4.69, 9.17) is 5.73 Å². The zero-order valence-electron chi connectivity index (χ0n) is 12.0. The largest absolute Gasteiger partial charge is 0.326 e. The van der Waals surface area contributed by atoms with E-state index in [-0.39, 0.29) is 46.5 Å². The zero-order valence-corrected chi connectivity index (χ0v) is 13.6. The number of nitro groups is 1. The number of nitro benzene ring substituents is 1. The molecule has 8 nitrogen and oxygen atoms in total. The second-order valence-corrected chi connectivity index (χ2v) is 7.06. The second-order valence-electron chi connectivity index (χ2n) is 5.15. The lowest BCUT2D eigenvalue weighted by Crippen LogP contribution is -2.32. The number of benzene rings is 1. The Labute approximate surface area is 138 Å². The van der Waals surface area contributed by atoms with Gasteiger partial charge < -0.3 is 5.73 Å². The molecule has 10 heteroatoms. The van der Waals surface area contributed by atoms with Crippen LogP contribution in [0.4, 0.5) is 5.69 Å². The number of sulfonamides is 1. The minimum Gasteiger partial charge on any atom is -0.326 e. The number of fused-ring (bicyclic) bond motifs is 1. The molecule has 0 aliphatic carbocycles. The van der Waals surface area contributed by atoms with Crippen LogP contribution in [0.15, 0.2) is 35.4 Å². The molecule has 2 aromatic rings. The summed E-state index contributed by atoms with van der Waals surface area (Å²) in [5.41, 5.74) is 5.71. The molecular formula is C13H15ClN4O4S. The lowest BCUT2D eigenvalue weighted by molar-refractivity contribution is -0.383. The Morgan fingerprint density at radius 2 is 2.09 bits per heavy atom. The third kappa shape index (κ3) is 3.00. The summed E-state index contributed by atoms with van der Waals surface area (Å²) in [5.74, 6) is 0. The molecule has 0 bridgehead atoms. The summed E-state index contributed by atoms with van der Waals surface area (Å²) >= 11 is 0. The minimum atomic E-state index is -3.77. The van der Waals surface area contributed by atoms with Gasteiger partial charge >= 0.3 is 0 Å². The highest BCUT2D eigenvalue weighted by molar-refractivity contribution is 7.89. The highest BCUT2D eigenvalue weighted by atomic mass is 35.5. The maximum atomic E-state index is 12.7. The van der Waals surface area contributed by atoms with Gasteiger partial charge in [0, 0.05) is 31.4 Å². The molecule has 0 spiro atoms. The van der Waals surface area contributed by atoms with E-state index in [1.165, 1.54) is 34.8 Å². The summed E-state index contributed by atoms with van der Waals surface area (Å²) in [7, 11) is -3.77. The fourth-order valence-corrected chi connectivity index (χ4v) is 4.27. The van der Waals surface area contributed by atoms with Crippen LogP contribution in [0.5, 0.6) is 0 Å². The summed E-state index contributed by atoms with van der Waals surface area (Å²) in [6, 6.07) is 5.29. The number of non-ortho nitro benzene ring substituents is 1. The highest BCUT2D eigenvalue weighted by Crippen LogP contribution is 2.31. The number of hydrogen-bond donors (Lipinski definition) is 1. The van der Waals surface area contributed by atoms with Crippen molar-refractivity contribution in [3.8, 4) is 0 Å². The number of pyridine rings is 1. The molecule has 1 aromatic carbocycles. The van der Waals surface area contributed by atoms with Crippen LogP contribution in [-0.2, 0) is 10.0 Å². The van der Waals surface area contributed by atoms with Gasteiger partial charge in [-0.25, -0.2) is 8.42 Å². The first-order chi connectivity index (χ1) is 10.4. The highest BCUT2D eigenvalue weighted by Gasteiger charge is 2.33. The molecule has 0 saturated carbocycles. The molecular weight excluding hydrogens is 344 g/mol. The predicted octanol–water partition coefficient (Wildman–Crippen LogP) is 1.29. The van der Waals surface area contributed by atoms with Crippen LogP contribution >= 0.6 is 12.4 Å². The topological polar surface area (TPSA) is 119 Å². The average Bonchev–Trinajstić information content (AvgIpc) is 2.93. The van der Waals surface area contributed by atoms with Gasteiger partial charge in [-0.05, 0) is 24.6 Å². The first-order valence-electron chi connectivity index (χ1n) is 6.69. The summed E-state index contributed by atoms with van der Waals surface area (Å²) in [6.07, 6.45) is 2.01. The van der Waals surface area contributed by atoms with Crippen molar-refractivity contribution in [2.45, 2.75) is 17.4 Å². The molecule has 0 radical (unpaired) electrons. The van der Waals surface area contributed by atoms with Crippen LogP contribution in [0.3, 0.4) is 0 Å². The fourth-order valence-electron chi connectivity index (χ4n) is 2.61. The molecule has 2 heterocycles. The van der Waals surface area contributed by atoms with Gasteiger partial charge in [0.1, 0.15) is 4.90 Å². The first kappa shape index (κ1) is 17.5. The van der Waals surface area contributed by atoms with E-state index < -0.39 is 14.9 Å². The monoisotopic (exact) mass is 358 g/mol. The van der Waals surface area contributed by atoms with Gasteiger partial charge in [-0.15, -0.1) is 12.4 Å². The number of halogens is 1. The van der Waals surface area contributed by atoms with E-state index in [2.05, 4.69) is 4.98 Å². The zero-order chi connectivity index (χ0) is 15.9. The van der Waals surface area contributed by atoms with E-state index in [1.807, 2.05) is 0 Å². The van der Waals surface area contributed by atoms with Gasteiger partial charge in [-0.3, -0.25) is 15.1 Å². The molecule has 3 rings (SSSR count). The molecule has 1 aliphatic rings. The average molecular weight is 359 g/mol. The number of nitrogens with two attached hydrogens (primary N) is 1. The van der Waals surface area contributed by atoms with Crippen LogP contribution in [0, 0.1) is 10.1 Å². The molecule has 0 amide bonds. The van der Waals surface area contributed by atoms with Crippen molar-refractivity contribution in [3.05, 3.63) is 40.6 Å². The molecule has 2 N–H and O–H groups in total. The van der Waals surface area contributed by atoms with Gasteiger partial charge in [-0.2, -0.15) is 4.31 Å². The summed E-state index contributed by atoms with van der Waals surface area (Å²) in [5, 5.41) is 11.3. The Kier molecular flexibility index (Phi) is 4.85. The Balaban J connectivity index is 0.00000192. The Hall–Kier alpha value is -1.81. The van der Waals surface area contributed by atoms with E-state index in [9.17, 15) is 18.5 Å². The van der Waals surface area contributed by atoms with Gasteiger partial charge in [-0.1, -0.05) is 0 Å². The molecule has 23 heavy (non-hydrogen) atoms. The van der Waals surface area contributed by atoms with Crippen molar-refractivity contribution in [2.75, 3.05) is 13.1 Å². The first-order valence-corrected chi connectivity index (χ1v) is 8.13. The predicted molar refractivity (Wildman–Crippen MR) is 87.0 cm³/mol. The Bertz CT molecular complexity index is 858. The van der Waals surface area contributed by atoms with Gasteiger partial charge in [0.05, 0.1) is 15.8 Å². The fraction of sp³-hybridized carbons (Fsp3) is 0.308. The normalized spacial score (nSPS) is 18.7. The van der Waals surface area contributed by atoms with E-state index >= 15 is 0 Å². The second kappa shape index (κ2) is 6.36. The van der Waals surface area contributed by atoms with Crippen LogP contribution in [0.25, 0.3) is 10.9 Å². The molecule has 1 aromatic heterocycles. The molecule has 1 saturated heterocycles. The molecule has 0 unspecified atom stereocenters. The van der Waals surface area contributed by atoms with Crippen molar-refractivity contribution in [1.29, 1.82) is 0 Å². The van der Waals surface area contributed by atoms with Crippen molar-refractivity contribution >= 4 is 39.0 Å². The molecule has 1 atom stereocenters. The standard InChI is InChI=1S/C13H14N4O4S.ClH/c14-9-5-7-16(8-9)22(20,21)12-4-3-11(17(18)19)10-2-1-6-15-13(10)12;/h1-4,6,9H,5,7-8,14H2;1H/t9-;/m1./s1. The SMILES string of the molecule is Cl.N[C@@H]1CCN(S(=O)(=O)c2ccc([N+](=O)[O-])c3cccnc23)C1. The maximum absolute atomic E-state index is 12.7. The van der Waals surface area contributed by atoms with Gasteiger partial charge in [0.15, 0.2) is 0 Å². The van der Waals surface area contributed by atoms with Crippen LogP contribution < -0.4 is 5.73 Å². The summed E-state index contributed by atoms with van der Waals surface area (Å²) in [6.45, 7) is 0.586.